The summed E-state index contributed by atoms with van der Waals surface area (Å²) in [7, 11) is 0. The molecule has 0 radical (unpaired) electrons. The molecule has 1 saturated carbocycles. The first-order chi connectivity index (χ1) is 17.0. The number of carbonyl (C=O) groups is 1. The van der Waals surface area contributed by atoms with Crippen LogP contribution >= 0.6 is 0 Å². The van der Waals surface area contributed by atoms with Gasteiger partial charge in [-0.25, -0.2) is 4.98 Å². The molecular formula is C28H37N3O4. The lowest BCUT2D eigenvalue weighted by Gasteiger charge is -2.47. The summed E-state index contributed by atoms with van der Waals surface area (Å²) in [5.41, 5.74) is 3.15. The summed E-state index contributed by atoms with van der Waals surface area (Å²) in [4.78, 5) is 16.6. The topological polar surface area (TPSA) is 92.7 Å². The quantitative estimate of drug-likeness (QED) is 0.511. The van der Waals surface area contributed by atoms with Crippen molar-refractivity contribution in [3.8, 4) is 5.88 Å². The molecule has 188 valence electrons. The van der Waals surface area contributed by atoms with E-state index in [0.717, 1.165) is 61.8 Å². The van der Waals surface area contributed by atoms with Crippen LogP contribution in [0.25, 0.3) is 0 Å². The zero-order valence-electron chi connectivity index (χ0n) is 20.5. The number of ether oxygens (including phenoxy) is 2. The smallest absolute Gasteiger partial charge is 0.218 e. The molecule has 35 heavy (non-hydrogen) atoms. The second-order valence-electron chi connectivity index (χ2n) is 10.4. The van der Waals surface area contributed by atoms with Crippen molar-refractivity contribution in [1.29, 1.82) is 0 Å². The molecule has 1 amide bonds. The Bertz CT molecular complexity index is 1000. The zero-order valence-corrected chi connectivity index (χ0v) is 20.5. The second kappa shape index (κ2) is 10.6. The SMILES string of the molecule is CC(=O)N[C@@H](Cc1ccccc1)[C@H](O)CN[C@H]1CC2(CCC2)Oc2ncc(C[C@H]3CCCO3)cc21. The fraction of sp³-hybridized carbons (Fsp3) is 0.571. The number of amides is 1. The van der Waals surface area contributed by atoms with E-state index >= 15 is 0 Å². The number of carbonyl (C=O) groups excluding carboxylic acids is 1. The number of benzene rings is 1. The van der Waals surface area contributed by atoms with Crippen molar-refractivity contribution in [2.45, 2.75) is 88.2 Å². The number of rotatable bonds is 9. The number of hydrogen-bond acceptors (Lipinski definition) is 6. The number of nitrogens with zero attached hydrogens (tertiary/aromatic N) is 1. The van der Waals surface area contributed by atoms with Crippen molar-refractivity contribution in [3.63, 3.8) is 0 Å². The highest BCUT2D eigenvalue weighted by atomic mass is 16.5. The molecule has 7 heteroatoms. The van der Waals surface area contributed by atoms with Crippen LogP contribution in [-0.2, 0) is 22.4 Å². The molecule has 1 spiro atoms. The fourth-order valence-electron chi connectivity index (χ4n) is 5.64. The van der Waals surface area contributed by atoms with Crippen LogP contribution < -0.4 is 15.4 Å². The van der Waals surface area contributed by atoms with E-state index in [9.17, 15) is 9.90 Å². The maximum atomic E-state index is 11.9. The fourth-order valence-corrected chi connectivity index (χ4v) is 5.64. The molecule has 0 bridgehead atoms. The third-order valence-corrected chi connectivity index (χ3v) is 7.68. The van der Waals surface area contributed by atoms with E-state index in [-0.39, 0.29) is 29.7 Å². The molecule has 1 aliphatic carbocycles. The normalized spacial score (nSPS) is 24.2. The number of fused-ring (bicyclic) bond motifs is 1. The molecule has 1 aromatic heterocycles. The van der Waals surface area contributed by atoms with Crippen molar-refractivity contribution >= 4 is 5.91 Å². The number of nitrogens with one attached hydrogen (secondary N) is 2. The van der Waals surface area contributed by atoms with E-state index in [0.29, 0.717) is 18.8 Å². The van der Waals surface area contributed by atoms with Crippen molar-refractivity contribution in [2.75, 3.05) is 13.2 Å². The summed E-state index contributed by atoms with van der Waals surface area (Å²) < 4.78 is 12.2. The van der Waals surface area contributed by atoms with Gasteiger partial charge in [0, 0.05) is 50.7 Å². The predicted molar refractivity (Wildman–Crippen MR) is 133 cm³/mol. The van der Waals surface area contributed by atoms with Gasteiger partial charge in [-0.1, -0.05) is 30.3 Å². The first-order valence-corrected chi connectivity index (χ1v) is 13.0. The Labute approximate surface area is 207 Å². The molecule has 3 N–H and O–H groups in total. The van der Waals surface area contributed by atoms with Gasteiger partial charge in [-0.05, 0) is 55.7 Å². The molecule has 2 fully saturated rings. The standard InChI is InChI=1S/C28H37N3O4/c1-19(32)31-24(15-20-7-3-2-4-8-20)26(33)18-29-25-16-28(10-6-11-28)35-27-23(25)14-21(17-30-27)13-22-9-5-12-34-22/h2-4,7-8,14,17,22,24-26,29,33H,5-6,9-13,15-16,18H2,1H3,(H,31,32)/t22-,24+,25+,26-/m1/s1. The third-order valence-electron chi connectivity index (χ3n) is 7.68. The predicted octanol–water partition coefficient (Wildman–Crippen LogP) is 3.25. The maximum absolute atomic E-state index is 11.9. The van der Waals surface area contributed by atoms with Gasteiger partial charge in [0.25, 0.3) is 0 Å². The molecule has 5 rings (SSSR count). The molecule has 3 aliphatic rings. The lowest BCUT2D eigenvalue weighted by Crippen LogP contribution is -2.52. The van der Waals surface area contributed by atoms with Crippen molar-refractivity contribution < 1.29 is 19.4 Å². The van der Waals surface area contributed by atoms with Crippen LogP contribution in [0.4, 0.5) is 0 Å². The monoisotopic (exact) mass is 479 g/mol. The van der Waals surface area contributed by atoms with Gasteiger partial charge >= 0.3 is 0 Å². The Morgan fingerprint density at radius 1 is 1.23 bits per heavy atom. The number of pyridine rings is 1. The summed E-state index contributed by atoms with van der Waals surface area (Å²) in [6.45, 7) is 2.71. The van der Waals surface area contributed by atoms with E-state index < -0.39 is 6.10 Å². The van der Waals surface area contributed by atoms with Crippen LogP contribution in [0.2, 0.25) is 0 Å². The van der Waals surface area contributed by atoms with Crippen LogP contribution in [0.3, 0.4) is 0 Å². The first-order valence-electron chi connectivity index (χ1n) is 13.0. The Morgan fingerprint density at radius 2 is 2.06 bits per heavy atom. The summed E-state index contributed by atoms with van der Waals surface area (Å²) >= 11 is 0. The van der Waals surface area contributed by atoms with Crippen LogP contribution in [0, 0.1) is 0 Å². The number of aliphatic hydroxyl groups is 1. The van der Waals surface area contributed by atoms with Crippen LogP contribution in [-0.4, -0.2) is 53.0 Å². The Hall–Kier alpha value is -2.48. The van der Waals surface area contributed by atoms with E-state index in [2.05, 4.69) is 16.7 Å². The Balaban J connectivity index is 1.30. The van der Waals surface area contributed by atoms with Crippen molar-refractivity contribution in [1.82, 2.24) is 15.6 Å². The van der Waals surface area contributed by atoms with Crippen molar-refractivity contribution in [3.05, 3.63) is 59.3 Å². The minimum atomic E-state index is -0.731. The first kappa shape index (κ1) is 24.2. The van der Waals surface area contributed by atoms with Gasteiger partial charge in [0.2, 0.25) is 11.8 Å². The molecular weight excluding hydrogens is 442 g/mol. The van der Waals surface area contributed by atoms with Crippen molar-refractivity contribution in [2.24, 2.45) is 0 Å². The number of hydrogen-bond donors (Lipinski definition) is 3. The Kier molecular flexibility index (Phi) is 7.37. The van der Waals surface area contributed by atoms with Gasteiger partial charge in [-0.2, -0.15) is 0 Å². The van der Waals surface area contributed by atoms with Gasteiger partial charge in [0.15, 0.2) is 0 Å². The summed E-state index contributed by atoms with van der Waals surface area (Å²) in [5.74, 6) is 0.569. The molecule has 4 atom stereocenters. The molecule has 1 aromatic carbocycles. The number of aliphatic hydroxyl groups excluding tert-OH is 1. The van der Waals surface area contributed by atoms with Gasteiger partial charge < -0.3 is 25.2 Å². The molecule has 2 aliphatic heterocycles. The minimum absolute atomic E-state index is 0.0420. The molecule has 0 unspecified atom stereocenters. The summed E-state index contributed by atoms with van der Waals surface area (Å²) in [6.07, 6.45) is 9.22. The van der Waals surface area contributed by atoms with Crippen LogP contribution in [0.5, 0.6) is 5.88 Å². The van der Waals surface area contributed by atoms with E-state index in [1.165, 1.54) is 13.3 Å². The van der Waals surface area contributed by atoms with Gasteiger partial charge in [0.1, 0.15) is 5.60 Å². The van der Waals surface area contributed by atoms with E-state index in [1.807, 2.05) is 36.5 Å². The highest BCUT2D eigenvalue weighted by Gasteiger charge is 2.46. The molecule has 2 aromatic rings. The van der Waals surface area contributed by atoms with E-state index in [1.54, 1.807) is 0 Å². The number of aromatic nitrogens is 1. The zero-order chi connectivity index (χ0) is 24.3. The Morgan fingerprint density at radius 3 is 2.74 bits per heavy atom. The van der Waals surface area contributed by atoms with Gasteiger partial charge in [-0.15, -0.1) is 0 Å². The molecule has 3 heterocycles. The highest BCUT2D eigenvalue weighted by molar-refractivity contribution is 5.73. The summed E-state index contributed by atoms with van der Waals surface area (Å²) in [5, 5.41) is 17.7. The van der Waals surface area contributed by atoms with Gasteiger partial charge in [-0.3, -0.25) is 4.79 Å². The third kappa shape index (κ3) is 5.85. The second-order valence-corrected chi connectivity index (χ2v) is 10.4. The lowest BCUT2D eigenvalue weighted by molar-refractivity contribution is -0.120. The van der Waals surface area contributed by atoms with Crippen LogP contribution in [0.1, 0.15) is 68.2 Å². The minimum Gasteiger partial charge on any atom is -0.471 e. The average molecular weight is 480 g/mol. The van der Waals surface area contributed by atoms with Crippen LogP contribution in [0.15, 0.2) is 42.6 Å². The maximum Gasteiger partial charge on any atom is 0.218 e. The van der Waals surface area contributed by atoms with E-state index in [4.69, 9.17) is 14.5 Å². The molecule has 7 nitrogen and oxygen atoms in total. The highest BCUT2D eigenvalue weighted by Crippen LogP contribution is 2.48. The molecule has 1 saturated heterocycles. The largest absolute Gasteiger partial charge is 0.471 e. The lowest BCUT2D eigenvalue weighted by atomic mass is 9.73. The summed E-state index contributed by atoms with van der Waals surface area (Å²) in [6, 6.07) is 11.8. The average Bonchev–Trinajstić information content (AvgIpc) is 3.34. The van der Waals surface area contributed by atoms with Gasteiger partial charge in [0.05, 0.1) is 18.2 Å².